The lowest BCUT2D eigenvalue weighted by atomic mass is 9.95. The Balaban J connectivity index is 2.06. The third-order valence-corrected chi connectivity index (χ3v) is 4.40. The third-order valence-electron chi connectivity index (χ3n) is 4.40. The smallest absolute Gasteiger partial charge is 0.244 e. The number of hydrogen-bond donors (Lipinski definition) is 1. The Morgan fingerprint density at radius 1 is 1.44 bits per heavy atom. The van der Waals surface area contributed by atoms with Crippen molar-refractivity contribution in [2.45, 2.75) is 32.2 Å². The molecule has 5 nitrogen and oxygen atoms in total. The summed E-state index contributed by atoms with van der Waals surface area (Å²) in [6.45, 7) is 5.70. The zero-order chi connectivity index (χ0) is 18.2. The molecule has 1 amide bonds. The van der Waals surface area contributed by atoms with Crippen molar-refractivity contribution in [2.75, 3.05) is 13.1 Å². The molecular formula is C19H24FN3O2. The zero-order valence-corrected chi connectivity index (χ0v) is 14.5. The molecule has 2 atom stereocenters. The summed E-state index contributed by atoms with van der Waals surface area (Å²) in [6.07, 6.45) is 4.32. The number of amides is 1. The minimum absolute atomic E-state index is 0.0270. The molecule has 0 radical (unpaired) electrons. The maximum atomic E-state index is 13.9. The molecule has 1 aromatic rings. The van der Waals surface area contributed by atoms with Crippen molar-refractivity contribution < 1.29 is 14.0 Å². The number of likely N-dealkylation sites (tertiary alicyclic amines) is 1. The summed E-state index contributed by atoms with van der Waals surface area (Å²) < 4.78 is 13.9. The fraction of sp³-hybridized carbons (Fsp3) is 0.421. The van der Waals surface area contributed by atoms with Crippen molar-refractivity contribution in [3.8, 4) is 0 Å². The Bertz CT molecular complexity index is 660. The predicted octanol–water partition coefficient (Wildman–Crippen LogP) is 2.33. The fourth-order valence-electron chi connectivity index (χ4n) is 3.18. The van der Waals surface area contributed by atoms with Gasteiger partial charge in [-0.3, -0.25) is 14.6 Å². The topological polar surface area (TPSA) is 61.8 Å². The summed E-state index contributed by atoms with van der Waals surface area (Å²) in [6, 6.07) is 6.20. The first-order chi connectivity index (χ1) is 12.1. The number of carbonyl (C=O) groups excluding carboxylic acids is 2. The first-order valence-corrected chi connectivity index (χ1v) is 8.47. The van der Waals surface area contributed by atoms with E-state index in [0.717, 1.165) is 0 Å². The molecule has 0 spiro atoms. The van der Waals surface area contributed by atoms with Crippen LogP contribution in [0.4, 0.5) is 4.39 Å². The van der Waals surface area contributed by atoms with E-state index in [1.807, 2.05) is 0 Å². The van der Waals surface area contributed by atoms with Crippen LogP contribution in [-0.4, -0.2) is 42.1 Å². The van der Waals surface area contributed by atoms with Crippen LogP contribution in [0.5, 0.6) is 0 Å². The Labute approximate surface area is 147 Å². The molecule has 0 bridgehead atoms. The molecule has 134 valence electrons. The highest BCUT2D eigenvalue weighted by molar-refractivity contribution is 5.90. The van der Waals surface area contributed by atoms with Gasteiger partial charge in [-0.25, -0.2) is 4.39 Å². The predicted molar refractivity (Wildman–Crippen MR) is 95.7 cm³/mol. The van der Waals surface area contributed by atoms with E-state index in [0.29, 0.717) is 31.4 Å². The molecule has 2 unspecified atom stereocenters. The largest absolute Gasteiger partial charge is 0.354 e. The van der Waals surface area contributed by atoms with E-state index >= 15 is 0 Å². The van der Waals surface area contributed by atoms with Gasteiger partial charge in [-0.15, -0.1) is 0 Å². The number of rotatable bonds is 8. The van der Waals surface area contributed by atoms with E-state index in [1.54, 1.807) is 30.0 Å². The second kappa shape index (κ2) is 9.11. The number of nitrogens with zero attached hydrogens (tertiary/aromatic N) is 2. The highest BCUT2D eigenvalue weighted by Gasteiger charge is 2.38. The first-order valence-electron chi connectivity index (χ1n) is 8.47. The second-order valence-electron chi connectivity index (χ2n) is 6.12. The van der Waals surface area contributed by atoms with Gasteiger partial charge in [0.1, 0.15) is 12.4 Å². The quantitative estimate of drug-likeness (QED) is 0.581. The average Bonchev–Trinajstić information content (AvgIpc) is 3.04. The lowest BCUT2D eigenvalue weighted by Gasteiger charge is -2.22. The van der Waals surface area contributed by atoms with Crippen LogP contribution in [0.1, 0.15) is 25.3 Å². The number of hydrogen-bond acceptors (Lipinski definition) is 3. The minimum atomic E-state index is -0.433. The second-order valence-corrected chi connectivity index (χ2v) is 6.12. The molecular weight excluding hydrogens is 321 g/mol. The van der Waals surface area contributed by atoms with Crippen LogP contribution in [0.25, 0.3) is 0 Å². The van der Waals surface area contributed by atoms with Gasteiger partial charge in [0.25, 0.3) is 0 Å². The van der Waals surface area contributed by atoms with Gasteiger partial charge in [-0.1, -0.05) is 31.7 Å². The van der Waals surface area contributed by atoms with Gasteiger partial charge in [-0.05, 0) is 36.6 Å². The van der Waals surface area contributed by atoms with Crippen LogP contribution >= 0.6 is 0 Å². The zero-order valence-electron chi connectivity index (χ0n) is 14.5. The monoisotopic (exact) mass is 345 g/mol. The summed E-state index contributed by atoms with van der Waals surface area (Å²) in [5.74, 6) is -0.329. The van der Waals surface area contributed by atoms with E-state index in [2.05, 4.69) is 16.9 Å². The van der Waals surface area contributed by atoms with Gasteiger partial charge in [0, 0.05) is 13.0 Å². The number of Topliss-reactive ketones (excluding diaryl/α,β-unsaturated/α-hetero) is 1. The van der Waals surface area contributed by atoms with Crippen molar-refractivity contribution in [1.29, 1.82) is 0 Å². The molecule has 1 aliphatic heterocycles. The van der Waals surface area contributed by atoms with Gasteiger partial charge in [-0.2, -0.15) is 0 Å². The lowest BCUT2D eigenvalue weighted by molar-refractivity contribution is -0.136. The Kier molecular flexibility index (Phi) is 6.86. The molecule has 1 aliphatic rings. The van der Waals surface area contributed by atoms with Gasteiger partial charge in [0.2, 0.25) is 5.91 Å². The molecule has 1 aromatic carbocycles. The number of halogens is 1. The van der Waals surface area contributed by atoms with Crippen LogP contribution in [0.15, 0.2) is 42.0 Å². The molecule has 2 rings (SSSR count). The fourth-order valence-corrected chi connectivity index (χ4v) is 3.18. The highest BCUT2D eigenvalue weighted by atomic mass is 19.1. The van der Waals surface area contributed by atoms with Crippen LogP contribution in [0.2, 0.25) is 0 Å². The molecule has 1 heterocycles. The van der Waals surface area contributed by atoms with Gasteiger partial charge >= 0.3 is 0 Å². The van der Waals surface area contributed by atoms with Crippen molar-refractivity contribution in [2.24, 2.45) is 10.9 Å². The maximum Gasteiger partial charge on any atom is 0.244 e. The maximum absolute atomic E-state index is 13.9. The summed E-state index contributed by atoms with van der Waals surface area (Å²) in [4.78, 5) is 30.3. The van der Waals surface area contributed by atoms with E-state index in [-0.39, 0.29) is 30.0 Å². The Hall–Kier alpha value is -2.50. The number of carbonyl (C=O) groups is 2. The van der Waals surface area contributed by atoms with E-state index < -0.39 is 6.04 Å². The summed E-state index contributed by atoms with van der Waals surface area (Å²) in [5.41, 5.74) is 0.623. The normalized spacial score (nSPS) is 20.0. The molecule has 1 saturated heterocycles. The van der Waals surface area contributed by atoms with Gasteiger partial charge < -0.3 is 10.2 Å². The molecule has 1 fully saturated rings. The van der Waals surface area contributed by atoms with Crippen LogP contribution in [0.3, 0.4) is 0 Å². The highest BCUT2D eigenvalue weighted by Crippen LogP contribution is 2.28. The number of aliphatic imine (C=N–C) groups is 1. The van der Waals surface area contributed by atoms with Crippen LogP contribution in [-0.2, 0) is 16.0 Å². The standard InChI is InChI=1S/C19H24FN3O2/c1-3-18(24)17-10-14(9-15-7-5-6-8-16(15)20)12-23(17)19(25)11-22-13-21-4-2/h4-8,13-14,17H,2-3,9-12H2,1H3,(H,21,22). The molecule has 0 aromatic heterocycles. The lowest BCUT2D eigenvalue weighted by Crippen LogP contribution is -2.41. The van der Waals surface area contributed by atoms with E-state index in [4.69, 9.17) is 0 Å². The van der Waals surface area contributed by atoms with E-state index in [1.165, 1.54) is 18.6 Å². The first kappa shape index (κ1) is 18.8. The molecule has 0 aliphatic carbocycles. The van der Waals surface area contributed by atoms with Crippen molar-refractivity contribution >= 4 is 18.0 Å². The van der Waals surface area contributed by atoms with Crippen molar-refractivity contribution in [1.82, 2.24) is 10.2 Å². The Morgan fingerprint density at radius 2 is 2.20 bits per heavy atom. The number of ketones is 1. The minimum Gasteiger partial charge on any atom is -0.354 e. The molecule has 6 heteroatoms. The summed E-state index contributed by atoms with van der Waals surface area (Å²) >= 11 is 0. The van der Waals surface area contributed by atoms with Gasteiger partial charge in [0.05, 0.1) is 12.4 Å². The van der Waals surface area contributed by atoms with Crippen LogP contribution < -0.4 is 5.32 Å². The summed E-state index contributed by atoms with van der Waals surface area (Å²) in [7, 11) is 0. The third kappa shape index (κ3) is 4.98. The average molecular weight is 345 g/mol. The SMILES string of the molecule is C=CNC=NCC(=O)N1CC(Cc2ccccc2F)CC1C(=O)CC. The number of nitrogens with one attached hydrogen (secondary N) is 1. The van der Waals surface area contributed by atoms with E-state index in [9.17, 15) is 14.0 Å². The van der Waals surface area contributed by atoms with Gasteiger partial charge in [0.15, 0.2) is 5.78 Å². The molecule has 0 saturated carbocycles. The Morgan fingerprint density at radius 3 is 2.88 bits per heavy atom. The molecule has 1 N–H and O–H groups in total. The summed E-state index contributed by atoms with van der Waals surface area (Å²) in [5, 5.41) is 2.68. The molecule has 25 heavy (non-hydrogen) atoms. The van der Waals surface area contributed by atoms with Crippen molar-refractivity contribution in [3.63, 3.8) is 0 Å². The van der Waals surface area contributed by atoms with Crippen LogP contribution in [0, 0.1) is 11.7 Å². The van der Waals surface area contributed by atoms with Crippen molar-refractivity contribution in [3.05, 3.63) is 48.4 Å². The number of benzene rings is 1.